The van der Waals surface area contributed by atoms with Crippen LogP contribution in [0.25, 0.3) is 11.0 Å². The Labute approximate surface area is 172 Å². The minimum atomic E-state index is 0. The third-order valence-electron chi connectivity index (χ3n) is 4.83. The van der Waals surface area contributed by atoms with Crippen LogP contribution in [0.1, 0.15) is 40.2 Å². The summed E-state index contributed by atoms with van der Waals surface area (Å²) in [5, 5.41) is 12.2. The number of anilines is 3. The minimum Gasteiger partial charge on any atom is -0.382 e. The number of aromatic amines is 1. The van der Waals surface area contributed by atoms with Gasteiger partial charge in [-0.3, -0.25) is 4.68 Å². The van der Waals surface area contributed by atoms with Crippen molar-refractivity contribution in [2.45, 2.75) is 46.2 Å². The average Bonchev–Trinajstić information content (AvgIpc) is 3.18. The van der Waals surface area contributed by atoms with Crippen molar-refractivity contribution in [1.29, 1.82) is 0 Å². The lowest BCUT2D eigenvalue weighted by Crippen LogP contribution is -2.18. The molecule has 1 aliphatic carbocycles. The van der Waals surface area contributed by atoms with Gasteiger partial charge in [-0.2, -0.15) is 28.6 Å². The smallest absolute Gasteiger partial charge is 0.231 e. The second-order valence-corrected chi connectivity index (χ2v) is 7.04. The van der Waals surface area contributed by atoms with Crippen molar-refractivity contribution in [2.75, 3.05) is 24.4 Å². The Bertz CT molecular complexity index is 889. The van der Waals surface area contributed by atoms with E-state index >= 15 is 0 Å². The Hall–Kier alpha value is -2.26. The first kappa shape index (κ1) is 22.0. The largest absolute Gasteiger partial charge is 0.382 e. The molecule has 154 valence electrons. The second kappa shape index (κ2) is 9.29. The summed E-state index contributed by atoms with van der Waals surface area (Å²) in [5.41, 5.74) is 1.66. The maximum absolute atomic E-state index is 5.18. The van der Waals surface area contributed by atoms with E-state index in [1.54, 1.807) is 13.3 Å². The lowest BCUT2D eigenvalue weighted by atomic mass is 10.2. The lowest BCUT2D eigenvalue weighted by molar-refractivity contribution is 0.157. The van der Waals surface area contributed by atoms with Crippen molar-refractivity contribution in [3.05, 3.63) is 24.7 Å². The van der Waals surface area contributed by atoms with Crippen LogP contribution >= 0.6 is 13.5 Å². The molecule has 0 bridgehead atoms. The Kier molecular flexibility index (Phi) is 7.31. The molecule has 0 aromatic carbocycles. The Morgan fingerprint density at radius 1 is 1.32 bits per heavy atom. The highest BCUT2D eigenvalue weighted by molar-refractivity contribution is 7.59. The standard InChI is InChI=1S/C18H25N7O.CH4.H2S/c1-11(10-26-3)25-9-14(8-20-25)22-18-23-16-15(6-7-19-16)17(24-18)21-12(2)13-4-5-13;;/h6-9,11-13H,4-5,10H2,1-3H3,(H3,19,21,22,23,24);1H4;1H2/t11?,12-;;/m0../s1. The molecule has 3 aromatic heterocycles. The Balaban J connectivity index is 0.00000140. The summed E-state index contributed by atoms with van der Waals surface area (Å²) in [6.07, 6.45) is 8.18. The van der Waals surface area contributed by atoms with Crippen LogP contribution in [0.2, 0.25) is 0 Å². The van der Waals surface area contributed by atoms with Gasteiger partial charge in [0.15, 0.2) is 0 Å². The molecule has 9 heteroatoms. The normalized spacial score (nSPS) is 15.4. The van der Waals surface area contributed by atoms with Crippen LogP contribution in [0.5, 0.6) is 0 Å². The van der Waals surface area contributed by atoms with E-state index < -0.39 is 0 Å². The fourth-order valence-electron chi connectivity index (χ4n) is 3.13. The molecule has 1 unspecified atom stereocenters. The maximum atomic E-state index is 5.18. The van der Waals surface area contributed by atoms with Crippen LogP contribution in [0.4, 0.5) is 17.5 Å². The van der Waals surface area contributed by atoms with Crippen molar-refractivity contribution >= 4 is 42.0 Å². The molecular weight excluding hydrogens is 374 g/mol. The van der Waals surface area contributed by atoms with Crippen molar-refractivity contribution in [3.63, 3.8) is 0 Å². The van der Waals surface area contributed by atoms with Gasteiger partial charge in [-0.25, -0.2) is 0 Å². The number of hydrogen-bond acceptors (Lipinski definition) is 6. The van der Waals surface area contributed by atoms with Crippen LogP contribution in [0, 0.1) is 5.92 Å². The predicted octanol–water partition coefficient (Wildman–Crippen LogP) is 4.06. The molecule has 1 saturated carbocycles. The zero-order chi connectivity index (χ0) is 18.1. The van der Waals surface area contributed by atoms with Crippen LogP contribution in [-0.4, -0.2) is 44.5 Å². The van der Waals surface area contributed by atoms with Gasteiger partial charge in [0.05, 0.1) is 29.9 Å². The quantitative estimate of drug-likeness (QED) is 0.523. The number of nitrogens with one attached hydrogen (secondary N) is 3. The molecule has 2 atom stereocenters. The van der Waals surface area contributed by atoms with Gasteiger partial charge < -0.3 is 20.4 Å². The lowest BCUT2D eigenvalue weighted by Gasteiger charge is -2.15. The van der Waals surface area contributed by atoms with E-state index in [4.69, 9.17) is 9.72 Å². The zero-order valence-electron chi connectivity index (χ0n) is 15.9. The first-order valence-corrected chi connectivity index (χ1v) is 9.06. The number of ether oxygens (including phenoxy) is 1. The maximum Gasteiger partial charge on any atom is 0.231 e. The summed E-state index contributed by atoms with van der Waals surface area (Å²) < 4.78 is 7.05. The van der Waals surface area contributed by atoms with Crippen molar-refractivity contribution in [1.82, 2.24) is 24.7 Å². The van der Waals surface area contributed by atoms with E-state index in [2.05, 4.69) is 39.5 Å². The number of methoxy groups -OCH3 is 1. The Morgan fingerprint density at radius 2 is 2.11 bits per heavy atom. The van der Waals surface area contributed by atoms with Gasteiger partial charge in [-0.05, 0) is 38.7 Å². The predicted molar refractivity (Wildman–Crippen MR) is 119 cm³/mol. The van der Waals surface area contributed by atoms with Gasteiger partial charge in [-0.15, -0.1) is 0 Å². The molecule has 28 heavy (non-hydrogen) atoms. The van der Waals surface area contributed by atoms with Gasteiger partial charge in [0.25, 0.3) is 0 Å². The number of rotatable bonds is 8. The van der Waals surface area contributed by atoms with Gasteiger partial charge in [-0.1, -0.05) is 7.43 Å². The molecular formula is C19H31N7OS. The van der Waals surface area contributed by atoms with Gasteiger partial charge in [0, 0.05) is 25.5 Å². The molecule has 0 spiro atoms. The van der Waals surface area contributed by atoms with Gasteiger partial charge in [0.2, 0.25) is 5.95 Å². The minimum absolute atomic E-state index is 0. The van der Waals surface area contributed by atoms with Crippen molar-refractivity contribution < 1.29 is 4.74 Å². The summed E-state index contributed by atoms with van der Waals surface area (Å²) in [6, 6.07) is 2.58. The molecule has 1 aliphatic rings. The molecule has 3 aromatic rings. The van der Waals surface area contributed by atoms with E-state index in [0.29, 0.717) is 18.6 Å². The molecule has 0 saturated heterocycles. The topological polar surface area (TPSA) is 92.7 Å². The number of H-pyrrole nitrogens is 1. The Morgan fingerprint density at radius 3 is 2.82 bits per heavy atom. The van der Waals surface area contributed by atoms with Gasteiger partial charge in [0.1, 0.15) is 11.5 Å². The monoisotopic (exact) mass is 405 g/mol. The van der Waals surface area contributed by atoms with Crippen LogP contribution in [0.3, 0.4) is 0 Å². The van der Waals surface area contributed by atoms with E-state index in [9.17, 15) is 0 Å². The average molecular weight is 406 g/mol. The molecule has 0 radical (unpaired) electrons. The molecule has 8 nitrogen and oxygen atoms in total. The fourth-order valence-corrected chi connectivity index (χ4v) is 3.13. The third-order valence-corrected chi connectivity index (χ3v) is 4.83. The summed E-state index contributed by atoms with van der Waals surface area (Å²) in [7, 11) is 1.69. The second-order valence-electron chi connectivity index (χ2n) is 7.04. The SMILES string of the molecule is C.COCC(C)n1cc(Nc2nc(N[C@@H](C)C3CC3)c3cc[nH]c3n2)cn1.S. The molecule has 0 aliphatic heterocycles. The molecule has 0 amide bonds. The molecule has 1 fully saturated rings. The summed E-state index contributed by atoms with van der Waals surface area (Å²) >= 11 is 0. The summed E-state index contributed by atoms with van der Waals surface area (Å²) in [5.74, 6) is 2.15. The molecule has 4 rings (SSSR count). The van der Waals surface area contributed by atoms with Crippen LogP contribution < -0.4 is 10.6 Å². The first-order chi connectivity index (χ1) is 12.6. The summed E-state index contributed by atoms with van der Waals surface area (Å²) in [6.45, 7) is 4.88. The van der Waals surface area contributed by atoms with Gasteiger partial charge >= 0.3 is 0 Å². The number of fused-ring (bicyclic) bond motifs is 1. The van der Waals surface area contributed by atoms with E-state index in [1.807, 2.05) is 23.1 Å². The summed E-state index contributed by atoms with van der Waals surface area (Å²) in [4.78, 5) is 12.4. The van der Waals surface area contributed by atoms with Crippen LogP contribution in [-0.2, 0) is 4.74 Å². The number of aromatic nitrogens is 5. The number of hydrogen-bond donors (Lipinski definition) is 3. The van der Waals surface area contributed by atoms with E-state index in [-0.39, 0.29) is 27.0 Å². The first-order valence-electron chi connectivity index (χ1n) is 9.06. The zero-order valence-corrected chi connectivity index (χ0v) is 16.9. The fraction of sp³-hybridized carbons (Fsp3) is 0.526. The van der Waals surface area contributed by atoms with Crippen LogP contribution in [0.15, 0.2) is 24.7 Å². The third kappa shape index (κ3) is 4.77. The number of nitrogens with zero attached hydrogens (tertiary/aromatic N) is 4. The van der Waals surface area contributed by atoms with Crippen molar-refractivity contribution in [2.24, 2.45) is 5.92 Å². The highest BCUT2D eigenvalue weighted by Gasteiger charge is 2.28. The van der Waals surface area contributed by atoms with Crippen molar-refractivity contribution in [3.8, 4) is 0 Å². The van der Waals surface area contributed by atoms with E-state index in [1.165, 1.54) is 12.8 Å². The molecule has 3 heterocycles. The highest BCUT2D eigenvalue weighted by atomic mass is 32.1. The van der Waals surface area contributed by atoms with E-state index in [0.717, 1.165) is 28.5 Å². The molecule has 3 N–H and O–H groups in total. The highest BCUT2D eigenvalue weighted by Crippen LogP contribution is 2.34.